The van der Waals surface area contributed by atoms with Gasteiger partial charge >= 0.3 is 6.18 Å². The van der Waals surface area contributed by atoms with E-state index in [-0.39, 0.29) is 46.4 Å². The first kappa shape index (κ1) is 33.2. The van der Waals surface area contributed by atoms with E-state index < -0.39 is 43.9 Å². The second kappa shape index (κ2) is 12.4. The van der Waals surface area contributed by atoms with Crippen molar-refractivity contribution in [1.82, 2.24) is 13.6 Å². The molecule has 1 saturated heterocycles. The first-order chi connectivity index (χ1) is 20.0. The molecular formula is C28H33F3N4O5S3. The van der Waals surface area contributed by atoms with Crippen LogP contribution in [-0.4, -0.2) is 80.0 Å². The first-order valence-electron chi connectivity index (χ1n) is 13.3. The molecule has 2 aromatic carbocycles. The minimum absolute atomic E-state index is 0.00738. The third kappa shape index (κ3) is 6.71. The minimum atomic E-state index is -4.90. The van der Waals surface area contributed by atoms with Gasteiger partial charge in [-0.15, -0.1) is 12.6 Å². The van der Waals surface area contributed by atoms with Crippen LogP contribution in [0.2, 0.25) is 0 Å². The van der Waals surface area contributed by atoms with Crippen LogP contribution >= 0.6 is 12.6 Å². The van der Waals surface area contributed by atoms with E-state index in [0.717, 1.165) is 12.1 Å². The van der Waals surface area contributed by atoms with Crippen LogP contribution < -0.4 is 4.90 Å². The van der Waals surface area contributed by atoms with Crippen LogP contribution in [0.1, 0.15) is 26.3 Å². The number of hydrogen-bond acceptors (Lipinski definition) is 8. The Balaban J connectivity index is 1.74. The van der Waals surface area contributed by atoms with Crippen molar-refractivity contribution in [3.8, 4) is 0 Å². The maximum Gasteiger partial charge on any atom is 0.421 e. The maximum atomic E-state index is 13.7. The molecule has 1 aliphatic heterocycles. The van der Waals surface area contributed by atoms with Crippen LogP contribution in [0.5, 0.6) is 0 Å². The van der Waals surface area contributed by atoms with E-state index >= 15 is 0 Å². The lowest BCUT2D eigenvalue weighted by atomic mass is 9.95. The van der Waals surface area contributed by atoms with Gasteiger partial charge in [0.2, 0.25) is 20.0 Å². The Morgan fingerprint density at radius 3 is 2.23 bits per heavy atom. The smallest absolute Gasteiger partial charge is 0.376 e. The van der Waals surface area contributed by atoms with Crippen molar-refractivity contribution in [2.45, 2.75) is 59.3 Å². The lowest BCUT2D eigenvalue weighted by Crippen LogP contribution is -2.59. The number of pyridine rings is 1. The predicted octanol–water partition coefficient (Wildman–Crippen LogP) is 4.12. The van der Waals surface area contributed by atoms with Crippen LogP contribution in [0.15, 0.2) is 87.7 Å². The van der Waals surface area contributed by atoms with Gasteiger partial charge in [-0.2, -0.15) is 21.8 Å². The second-order valence-electron chi connectivity index (χ2n) is 10.7. The normalized spacial score (nSPS) is 18.7. The highest BCUT2D eigenvalue weighted by atomic mass is 32.2. The summed E-state index contributed by atoms with van der Waals surface area (Å²) in [5, 5.41) is 10.1. The van der Waals surface area contributed by atoms with Gasteiger partial charge in [-0.05, 0) is 62.7 Å². The summed E-state index contributed by atoms with van der Waals surface area (Å²) < 4.78 is 97.5. The molecule has 0 spiro atoms. The van der Waals surface area contributed by atoms with E-state index in [9.17, 15) is 35.1 Å². The van der Waals surface area contributed by atoms with Gasteiger partial charge in [-0.25, -0.2) is 16.8 Å². The number of alkyl halides is 3. The number of thiol groups is 1. The molecule has 9 nitrogen and oxygen atoms in total. The van der Waals surface area contributed by atoms with E-state index in [1.54, 1.807) is 36.9 Å². The molecule has 4 rings (SSSR count). The first-order valence-corrected chi connectivity index (χ1v) is 16.7. The van der Waals surface area contributed by atoms with Crippen LogP contribution in [0.3, 0.4) is 0 Å². The summed E-state index contributed by atoms with van der Waals surface area (Å²) in [4.78, 5) is 5.94. The Bertz CT molecular complexity index is 1640. The summed E-state index contributed by atoms with van der Waals surface area (Å²) in [5.41, 5.74) is -3.00. The highest BCUT2D eigenvalue weighted by Crippen LogP contribution is 2.39. The average Bonchev–Trinajstić information content (AvgIpc) is 2.95. The van der Waals surface area contributed by atoms with Gasteiger partial charge in [0, 0.05) is 55.2 Å². The van der Waals surface area contributed by atoms with Gasteiger partial charge < -0.3 is 10.0 Å². The van der Waals surface area contributed by atoms with Gasteiger partial charge in [-0.1, -0.05) is 24.3 Å². The maximum absolute atomic E-state index is 13.7. The SMILES string of the molecule is CC(C)N(C[C@H]1CN(S(=O)(=O)c2ccccc2S)CCN1c1ccc([C@@](C)(O)C(F)(F)F)cc1)S(=O)(=O)c1cccnc1. The molecular weight excluding hydrogens is 626 g/mol. The summed E-state index contributed by atoms with van der Waals surface area (Å²) in [5.74, 6) is 0. The third-order valence-corrected chi connectivity index (χ3v) is 11.9. The Hall–Kier alpha value is -2.69. The number of sulfonamides is 2. The van der Waals surface area contributed by atoms with Crippen molar-refractivity contribution in [2.24, 2.45) is 0 Å². The van der Waals surface area contributed by atoms with E-state index in [2.05, 4.69) is 17.6 Å². The van der Waals surface area contributed by atoms with Gasteiger partial charge in [0.05, 0.1) is 10.9 Å². The molecule has 234 valence electrons. The van der Waals surface area contributed by atoms with Crippen molar-refractivity contribution in [2.75, 3.05) is 31.1 Å². The minimum Gasteiger partial charge on any atom is -0.376 e. The monoisotopic (exact) mass is 658 g/mol. The Morgan fingerprint density at radius 2 is 1.67 bits per heavy atom. The number of benzene rings is 2. The fraction of sp³-hybridized carbons (Fsp3) is 0.393. The van der Waals surface area contributed by atoms with E-state index in [4.69, 9.17) is 0 Å². The molecule has 0 amide bonds. The molecule has 43 heavy (non-hydrogen) atoms. The molecule has 1 fully saturated rings. The molecule has 0 aliphatic carbocycles. The fourth-order valence-electron chi connectivity index (χ4n) is 4.93. The quantitative estimate of drug-likeness (QED) is 0.333. The van der Waals surface area contributed by atoms with Gasteiger partial charge in [0.1, 0.15) is 4.90 Å². The zero-order valence-electron chi connectivity index (χ0n) is 23.7. The van der Waals surface area contributed by atoms with Crippen LogP contribution in [-0.2, 0) is 25.6 Å². The zero-order valence-corrected chi connectivity index (χ0v) is 26.2. The van der Waals surface area contributed by atoms with Crippen molar-refractivity contribution in [3.63, 3.8) is 0 Å². The lowest BCUT2D eigenvalue weighted by molar-refractivity contribution is -0.258. The topological polar surface area (TPSA) is 111 Å². The summed E-state index contributed by atoms with van der Waals surface area (Å²) in [6, 6.07) is 13.0. The van der Waals surface area contributed by atoms with E-state index in [1.807, 2.05) is 0 Å². The molecule has 1 aromatic heterocycles. The van der Waals surface area contributed by atoms with Crippen LogP contribution in [0.25, 0.3) is 0 Å². The average molecular weight is 659 g/mol. The summed E-state index contributed by atoms with van der Waals surface area (Å²) >= 11 is 4.31. The summed E-state index contributed by atoms with van der Waals surface area (Å²) in [6.07, 6.45) is -2.23. The fourth-order valence-corrected chi connectivity index (χ4v) is 8.62. The number of halogens is 3. The van der Waals surface area contributed by atoms with Crippen LogP contribution in [0, 0.1) is 0 Å². The summed E-state index contributed by atoms with van der Waals surface area (Å²) in [6.45, 7) is 3.95. The molecule has 3 aromatic rings. The number of hydrogen-bond donors (Lipinski definition) is 2. The third-order valence-electron chi connectivity index (χ3n) is 7.45. The molecule has 0 radical (unpaired) electrons. The van der Waals surface area contributed by atoms with Crippen molar-refractivity contribution in [1.29, 1.82) is 0 Å². The zero-order chi connectivity index (χ0) is 31.8. The molecule has 0 bridgehead atoms. The van der Waals surface area contributed by atoms with Gasteiger partial charge in [-0.3, -0.25) is 4.98 Å². The number of nitrogens with zero attached hydrogens (tertiary/aromatic N) is 4. The van der Waals surface area contributed by atoms with E-state index in [1.165, 1.54) is 51.3 Å². The van der Waals surface area contributed by atoms with Gasteiger partial charge in [0.25, 0.3) is 0 Å². The van der Waals surface area contributed by atoms with Crippen LogP contribution in [0.4, 0.5) is 18.9 Å². The number of aromatic nitrogens is 1. The van der Waals surface area contributed by atoms with Crippen molar-refractivity contribution in [3.05, 3.63) is 78.6 Å². The largest absolute Gasteiger partial charge is 0.421 e. The van der Waals surface area contributed by atoms with Gasteiger partial charge in [0.15, 0.2) is 5.60 Å². The van der Waals surface area contributed by atoms with E-state index in [0.29, 0.717) is 12.6 Å². The standard InChI is InChI=1S/C28H33F3N4O5S3/c1-20(2)35(42(37,38)24-7-6-14-32-17-24)19-23-18-33(43(39,40)26-9-5-4-8-25(26)41)15-16-34(23)22-12-10-21(11-13-22)27(3,36)28(29,30)31/h4-14,17,20,23,36,41H,15-16,18-19H2,1-3H3/t23-,27-/m1/s1. The Kier molecular flexibility index (Phi) is 9.55. The number of piperazine rings is 1. The van der Waals surface area contributed by atoms with Crippen molar-refractivity contribution >= 4 is 38.4 Å². The molecule has 0 unspecified atom stereocenters. The highest BCUT2D eigenvalue weighted by Gasteiger charge is 2.51. The van der Waals surface area contributed by atoms with Crippen molar-refractivity contribution < 1.29 is 35.1 Å². The lowest BCUT2D eigenvalue weighted by Gasteiger charge is -2.44. The molecule has 1 N–H and O–H groups in total. The number of anilines is 1. The molecule has 15 heteroatoms. The highest BCUT2D eigenvalue weighted by molar-refractivity contribution is 7.90. The number of rotatable bonds is 9. The Labute approximate surface area is 255 Å². The Morgan fingerprint density at radius 1 is 1.02 bits per heavy atom. The molecule has 2 atom stereocenters. The second-order valence-corrected chi connectivity index (χ2v) is 14.9. The molecule has 0 saturated carbocycles. The molecule has 2 heterocycles. The predicted molar refractivity (Wildman–Crippen MR) is 159 cm³/mol. The molecule has 1 aliphatic rings. The summed E-state index contributed by atoms with van der Waals surface area (Å²) in [7, 11) is -8.08. The number of aliphatic hydroxyl groups is 1.